The van der Waals surface area contributed by atoms with Crippen molar-refractivity contribution in [1.82, 2.24) is 0 Å². The number of hydrogen-bond donors (Lipinski definition) is 0. The normalized spacial score (nSPS) is 14.8. The molecule has 0 unspecified atom stereocenters. The third kappa shape index (κ3) is 1.80. The van der Waals surface area contributed by atoms with Gasteiger partial charge >= 0.3 is 0 Å². The van der Waals surface area contributed by atoms with Crippen molar-refractivity contribution in [2.24, 2.45) is 0 Å². The van der Waals surface area contributed by atoms with Crippen LogP contribution in [0, 0.1) is 12.7 Å². The van der Waals surface area contributed by atoms with Crippen LogP contribution in [0.1, 0.15) is 17.5 Å². The number of amides is 1. The number of anilines is 1. The van der Waals surface area contributed by atoms with Gasteiger partial charge in [0.2, 0.25) is 5.91 Å². The van der Waals surface area contributed by atoms with Gasteiger partial charge in [-0.05, 0) is 31.4 Å². The van der Waals surface area contributed by atoms with Crippen molar-refractivity contribution in [3.05, 3.63) is 29.1 Å². The molecule has 2 rings (SSSR count). The molecule has 0 fully saturated rings. The first-order valence-electron chi connectivity index (χ1n) is 5.29. The lowest BCUT2D eigenvalue weighted by atomic mass is 9.97. The lowest BCUT2D eigenvalue weighted by molar-refractivity contribution is -0.116. The van der Waals surface area contributed by atoms with Gasteiger partial charge < -0.3 is 4.90 Å². The van der Waals surface area contributed by atoms with Crippen molar-refractivity contribution in [3.63, 3.8) is 0 Å². The monoisotopic (exact) mass is 241 g/mol. The van der Waals surface area contributed by atoms with Crippen LogP contribution in [0.25, 0.3) is 0 Å². The molecule has 4 heteroatoms. The van der Waals surface area contributed by atoms with E-state index in [0.29, 0.717) is 18.5 Å². The number of hydrogen-bond acceptors (Lipinski definition) is 1. The van der Waals surface area contributed by atoms with Gasteiger partial charge in [-0.1, -0.05) is 6.07 Å². The zero-order valence-electron chi connectivity index (χ0n) is 9.09. The summed E-state index contributed by atoms with van der Waals surface area (Å²) >= 11 is 5.56. The first-order valence-corrected chi connectivity index (χ1v) is 5.83. The molecule has 0 spiro atoms. The van der Waals surface area contributed by atoms with E-state index in [4.69, 9.17) is 11.6 Å². The molecule has 1 aromatic rings. The highest BCUT2D eigenvalue weighted by molar-refractivity contribution is 6.29. The summed E-state index contributed by atoms with van der Waals surface area (Å²) in [4.78, 5) is 13.3. The van der Waals surface area contributed by atoms with Crippen molar-refractivity contribution in [1.29, 1.82) is 0 Å². The minimum absolute atomic E-state index is 0.0601. The van der Waals surface area contributed by atoms with E-state index >= 15 is 0 Å². The molecule has 0 saturated carbocycles. The van der Waals surface area contributed by atoms with Crippen LogP contribution in [0.15, 0.2) is 12.1 Å². The van der Waals surface area contributed by atoms with E-state index in [1.807, 2.05) is 6.92 Å². The first-order chi connectivity index (χ1) is 7.65. The molecule has 0 atom stereocenters. The molecule has 0 saturated heterocycles. The van der Waals surface area contributed by atoms with Crippen LogP contribution < -0.4 is 4.90 Å². The summed E-state index contributed by atoms with van der Waals surface area (Å²) in [5.41, 5.74) is 2.29. The quantitative estimate of drug-likeness (QED) is 0.693. The second-order valence-corrected chi connectivity index (χ2v) is 4.24. The summed E-state index contributed by atoms with van der Waals surface area (Å²) in [7, 11) is 0. The van der Waals surface area contributed by atoms with E-state index in [2.05, 4.69) is 0 Å². The van der Waals surface area contributed by atoms with E-state index in [9.17, 15) is 9.18 Å². The number of aryl methyl sites for hydroxylation is 1. The van der Waals surface area contributed by atoms with Crippen LogP contribution in [0.2, 0.25) is 0 Å². The molecule has 0 radical (unpaired) electrons. The van der Waals surface area contributed by atoms with Crippen LogP contribution in [-0.4, -0.2) is 18.3 Å². The van der Waals surface area contributed by atoms with E-state index in [-0.39, 0.29) is 17.6 Å². The lowest BCUT2D eigenvalue weighted by Gasteiger charge is -2.30. The SMILES string of the molecule is Cc1ccc(F)c2c1N(C(=O)CCl)CCC2. The molecule has 1 heterocycles. The fourth-order valence-electron chi connectivity index (χ4n) is 2.19. The number of carbonyl (C=O) groups excluding carboxylic acids is 1. The number of halogens is 2. The number of nitrogens with zero attached hydrogens (tertiary/aromatic N) is 1. The lowest BCUT2D eigenvalue weighted by Crippen LogP contribution is -2.37. The van der Waals surface area contributed by atoms with E-state index in [1.165, 1.54) is 6.07 Å². The van der Waals surface area contributed by atoms with Crippen LogP contribution in [-0.2, 0) is 11.2 Å². The number of benzene rings is 1. The van der Waals surface area contributed by atoms with Crippen molar-refractivity contribution in [3.8, 4) is 0 Å². The maximum Gasteiger partial charge on any atom is 0.241 e. The minimum Gasteiger partial charge on any atom is -0.311 e. The molecule has 0 N–H and O–H groups in total. The number of carbonyl (C=O) groups is 1. The van der Waals surface area contributed by atoms with E-state index < -0.39 is 0 Å². The van der Waals surface area contributed by atoms with E-state index in [0.717, 1.165) is 17.7 Å². The van der Waals surface area contributed by atoms with Crippen molar-refractivity contribution >= 4 is 23.2 Å². The van der Waals surface area contributed by atoms with Gasteiger partial charge in [0.15, 0.2) is 0 Å². The highest BCUT2D eigenvalue weighted by Gasteiger charge is 2.25. The second-order valence-electron chi connectivity index (χ2n) is 3.97. The fourth-order valence-corrected chi connectivity index (χ4v) is 2.33. The van der Waals surface area contributed by atoms with Crippen LogP contribution >= 0.6 is 11.6 Å². The van der Waals surface area contributed by atoms with Crippen LogP contribution in [0.4, 0.5) is 10.1 Å². The topological polar surface area (TPSA) is 20.3 Å². The Balaban J connectivity index is 2.53. The van der Waals surface area contributed by atoms with Gasteiger partial charge in [0.25, 0.3) is 0 Å². The molecule has 2 nitrogen and oxygen atoms in total. The Morgan fingerprint density at radius 1 is 1.56 bits per heavy atom. The molecule has 1 aromatic carbocycles. The Morgan fingerprint density at radius 3 is 3.00 bits per heavy atom. The standard InChI is InChI=1S/C12H13ClFNO/c1-8-4-5-10(14)9-3-2-6-15(12(8)9)11(16)7-13/h4-5H,2-3,6-7H2,1H3. The van der Waals surface area contributed by atoms with Crippen molar-refractivity contribution < 1.29 is 9.18 Å². The Kier molecular flexibility index (Phi) is 3.15. The summed E-state index contributed by atoms with van der Waals surface area (Å²) in [6, 6.07) is 3.16. The average molecular weight is 242 g/mol. The number of fused-ring (bicyclic) bond motifs is 1. The van der Waals surface area contributed by atoms with Gasteiger partial charge in [-0.2, -0.15) is 0 Å². The smallest absolute Gasteiger partial charge is 0.241 e. The molecule has 1 aliphatic heterocycles. The van der Waals surface area contributed by atoms with Crippen molar-refractivity contribution in [2.75, 3.05) is 17.3 Å². The van der Waals surface area contributed by atoms with Gasteiger partial charge in [0.05, 0.1) is 5.69 Å². The molecule has 16 heavy (non-hydrogen) atoms. The number of alkyl halides is 1. The summed E-state index contributed by atoms with van der Waals surface area (Å²) in [6.45, 7) is 2.51. The molecular formula is C12H13ClFNO. The van der Waals surface area contributed by atoms with Crippen LogP contribution in [0.3, 0.4) is 0 Å². The third-order valence-electron chi connectivity index (χ3n) is 2.92. The Hall–Kier alpha value is -1.09. The molecule has 1 aliphatic rings. The summed E-state index contributed by atoms with van der Waals surface area (Å²) in [5.74, 6) is -0.445. The summed E-state index contributed by atoms with van der Waals surface area (Å²) in [6.07, 6.45) is 1.48. The Morgan fingerprint density at radius 2 is 2.31 bits per heavy atom. The van der Waals surface area contributed by atoms with Gasteiger partial charge in [0, 0.05) is 12.1 Å². The highest BCUT2D eigenvalue weighted by atomic mass is 35.5. The minimum atomic E-state index is -0.229. The summed E-state index contributed by atoms with van der Waals surface area (Å²) < 4.78 is 13.6. The van der Waals surface area contributed by atoms with Crippen LogP contribution in [0.5, 0.6) is 0 Å². The molecule has 0 aliphatic carbocycles. The third-order valence-corrected chi connectivity index (χ3v) is 3.15. The maximum absolute atomic E-state index is 13.6. The molecule has 1 amide bonds. The molecule has 86 valence electrons. The number of rotatable bonds is 1. The first kappa shape index (κ1) is 11.4. The predicted molar refractivity (Wildman–Crippen MR) is 62.5 cm³/mol. The van der Waals surface area contributed by atoms with Gasteiger partial charge in [-0.3, -0.25) is 4.79 Å². The Labute approximate surface area is 99.0 Å². The zero-order valence-corrected chi connectivity index (χ0v) is 9.85. The van der Waals surface area contributed by atoms with Gasteiger partial charge in [-0.25, -0.2) is 4.39 Å². The average Bonchev–Trinajstić information content (AvgIpc) is 2.32. The van der Waals surface area contributed by atoms with Gasteiger partial charge in [0.1, 0.15) is 11.7 Å². The largest absolute Gasteiger partial charge is 0.311 e. The van der Waals surface area contributed by atoms with Crippen molar-refractivity contribution in [2.45, 2.75) is 19.8 Å². The maximum atomic E-state index is 13.6. The highest BCUT2D eigenvalue weighted by Crippen LogP contribution is 2.32. The molecular weight excluding hydrogens is 229 g/mol. The molecule has 0 bridgehead atoms. The predicted octanol–water partition coefficient (Wildman–Crippen LogP) is 2.65. The zero-order chi connectivity index (χ0) is 11.7. The molecule has 0 aromatic heterocycles. The Bertz CT molecular complexity index is 433. The van der Waals surface area contributed by atoms with E-state index in [1.54, 1.807) is 11.0 Å². The van der Waals surface area contributed by atoms with Gasteiger partial charge in [-0.15, -0.1) is 11.6 Å². The summed E-state index contributed by atoms with van der Waals surface area (Å²) in [5, 5.41) is 0. The second kappa shape index (κ2) is 4.42. The fraction of sp³-hybridized carbons (Fsp3) is 0.417.